The Labute approximate surface area is 121 Å². The fourth-order valence-corrected chi connectivity index (χ4v) is 2.61. The molecule has 1 aromatic rings. The highest BCUT2D eigenvalue weighted by Crippen LogP contribution is 2.31. The summed E-state index contributed by atoms with van der Waals surface area (Å²) in [6.45, 7) is 3.29. The number of amides is 1. The summed E-state index contributed by atoms with van der Waals surface area (Å²) in [7, 11) is 0. The number of halogens is 3. The minimum absolute atomic E-state index is 0.112. The Morgan fingerprint density at radius 3 is 2.76 bits per heavy atom. The van der Waals surface area contributed by atoms with Gasteiger partial charge in [0.1, 0.15) is 0 Å². The highest BCUT2D eigenvalue weighted by atomic mass is 19.4. The molecule has 0 bridgehead atoms. The number of piperidine rings is 1. The van der Waals surface area contributed by atoms with E-state index in [4.69, 9.17) is 0 Å². The van der Waals surface area contributed by atoms with E-state index in [1.54, 1.807) is 0 Å². The van der Waals surface area contributed by atoms with E-state index in [9.17, 15) is 18.0 Å². The predicted molar refractivity (Wildman–Crippen MR) is 74.0 cm³/mol. The lowest BCUT2D eigenvalue weighted by Crippen LogP contribution is -2.48. The molecule has 1 heterocycles. The molecule has 0 aromatic heterocycles. The zero-order valence-electron chi connectivity index (χ0n) is 11.8. The van der Waals surface area contributed by atoms with Gasteiger partial charge in [-0.3, -0.25) is 4.79 Å². The lowest BCUT2D eigenvalue weighted by Gasteiger charge is -2.30. The first-order valence-corrected chi connectivity index (χ1v) is 7.07. The van der Waals surface area contributed by atoms with Crippen LogP contribution in [0.3, 0.4) is 0 Å². The molecule has 1 fully saturated rings. The van der Waals surface area contributed by atoms with Gasteiger partial charge in [0.15, 0.2) is 0 Å². The number of nitrogens with one attached hydrogen (secondary N) is 2. The zero-order chi connectivity index (χ0) is 15.5. The van der Waals surface area contributed by atoms with E-state index >= 15 is 0 Å². The number of carbonyl (C=O) groups is 1. The van der Waals surface area contributed by atoms with Gasteiger partial charge in [0.05, 0.1) is 11.1 Å². The molecule has 2 unspecified atom stereocenters. The predicted octanol–water partition coefficient (Wildman–Crippen LogP) is 2.82. The van der Waals surface area contributed by atoms with Crippen LogP contribution in [0.5, 0.6) is 0 Å². The van der Waals surface area contributed by atoms with Gasteiger partial charge in [0.25, 0.3) is 5.91 Å². The van der Waals surface area contributed by atoms with Crippen molar-refractivity contribution in [2.75, 3.05) is 13.1 Å². The van der Waals surface area contributed by atoms with E-state index in [0.717, 1.165) is 25.5 Å². The summed E-state index contributed by atoms with van der Waals surface area (Å²) in [5.74, 6) is -0.278. The second-order valence-corrected chi connectivity index (χ2v) is 5.43. The second kappa shape index (κ2) is 6.47. The molecule has 2 rings (SSSR count). The van der Waals surface area contributed by atoms with Crippen molar-refractivity contribution in [1.29, 1.82) is 0 Å². The van der Waals surface area contributed by atoms with Gasteiger partial charge in [0, 0.05) is 12.6 Å². The Morgan fingerprint density at radius 1 is 1.38 bits per heavy atom. The van der Waals surface area contributed by atoms with Crippen LogP contribution < -0.4 is 10.6 Å². The molecule has 116 valence electrons. The molecule has 3 nitrogen and oxygen atoms in total. The largest absolute Gasteiger partial charge is 0.417 e. The quantitative estimate of drug-likeness (QED) is 0.901. The molecule has 0 saturated carbocycles. The monoisotopic (exact) mass is 300 g/mol. The molecular weight excluding hydrogens is 281 g/mol. The number of alkyl halides is 3. The van der Waals surface area contributed by atoms with Gasteiger partial charge in [-0.2, -0.15) is 13.2 Å². The van der Waals surface area contributed by atoms with E-state index in [0.29, 0.717) is 12.5 Å². The highest BCUT2D eigenvalue weighted by Gasteiger charge is 2.35. The van der Waals surface area contributed by atoms with E-state index < -0.39 is 17.6 Å². The number of hydrogen-bond donors (Lipinski definition) is 2. The van der Waals surface area contributed by atoms with Crippen molar-refractivity contribution >= 4 is 5.91 Å². The van der Waals surface area contributed by atoms with Gasteiger partial charge < -0.3 is 10.6 Å². The summed E-state index contributed by atoms with van der Waals surface area (Å²) in [5, 5.41) is 5.89. The fraction of sp³-hybridized carbons (Fsp3) is 0.533. The van der Waals surface area contributed by atoms with E-state index in [-0.39, 0.29) is 11.6 Å². The Morgan fingerprint density at radius 2 is 2.10 bits per heavy atom. The molecule has 0 spiro atoms. The van der Waals surface area contributed by atoms with Gasteiger partial charge in [-0.25, -0.2) is 0 Å². The number of hydrogen-bond acceptors (Lipinski definition) is 2. The first-order valence-electron chi connectivity index (χ1n) is 7.07. The molecule has 2 N–H and O–H groups in total. The number of carbonyl (C=O) groups excluding carboxylic acids is 1. The van der Waals surface area contributed by atoms with E-state index in [2.05, 4.69) is 17.6 Å². The summed E-state index contributed by atoms with van der Waals surface area (Å²) in [4.78, 5) is 12.0. The van der Waals surface area contributed by atoms with Crippen LogP contribution in [0.2, 0.25) is 0 Å². The third-order valence-corrected chi connectivity index (χ3v) is 3.89. The molecular formula is C15H19F3N2O. The van der Waals surface area contributed by atoms with Crippen LogP contribution in [0.25, 0.3) is 0 Å². The van der Waals surface area contributed by atoms with Gasteiger partial charge in [0.2, 0.25) is 0 Å². The number of benzene rings is 1. The van der Waals surface area contributed by atoms with Crippen molar-refractivity contribution < 1.29 is 18.0 Å². The Kier molecular flexibility index (Phi) is 4.88. The standard InChI is InChI=1S/C15H19F3N2O/c1-10-5-4-8-19-13(10)9-20-14(21)11-6-2-3-7-12(11)15(16,17)18/h2-3,6-7,10,13,19H,4-5,8-9H2,1H3,(H,20,21). The van der Waals surface area contributed by atoms with Crippen molar-refractivity contribution in [3.63, 3.8) is 0 Å². The Bertz CT molecular complexity index is 502. The van der Waals surface area contributed by atoms with Crippen LogP contribution in [0.15, 0.2) is 24.3 Å². The molecule has 1 aromatic carbocycles. The van der Waals surface area contributed by atoms with Crippen LogP contribution in [-0.2, 0) is 6.18 Å². The topological polar surface area (TPSA) is 41.1 Å². The van der Waals surface area contributed by atoms with Crippen LogP contribution in [0.1, 0.15) is 35.7 Å². The highest BCUT2D eigenvalue weighted by molar-refractivity contribution is 5.95. The summed E-state index contributed by atoms with van der Waals surface area (Å²) in [5.41, 5.74) is -1.22. The smallest absolute Gasteiger partial charge is 0.350 e. The van der Waals surface area contributed by atoms with Crippen LogP contribution in [0, 0.1) is 5.92 Å². The average Bonchev–Trinajstić information content (AvgIpc) is 2.45. The number of rotatable bonds is 3. The molecule has 2 atom stereocenters. The summed E-state index contributed by atoms with van der Waals surface area (Å²) >= 11 is 0. The molecule has 6 heteroatoms. The molecule has 1 saturated heterocycles. The van der Waals surface area contributed by atoms with Crippen LogP contribution >= 0.6 is 0 Å². The molecule has 21 heavy (non-hydrogen) atoms. The van der Waals surface area contributed by atoms with Gasteiger partial charge >= 0.3 is 6.18 Å². The van der Waals surface area contributed by atoms with Gasteiger partial charge in [-0.1, -0.05) is 19.1 Å². The molecule has 0 aliphatic carbocycles. The van der Waals surface area contributed by atoms with Crippen LogP contribution in [0.4, 0.5) is 13.2 Å². The third kappa shape index (κ3) is 3.97. The van der Waals surface area contributed by atoms with E-state index in [1.165, 1.54) is 18.2 Å². The van der Waals surface area contributed by atoms with Crippen molar-refractivity contribution in [1.82, 2.24) is 10.6 Å². The average molecular weight is 300 g/mol. The maximum atomic E-state index is 12.9. The van der Waals surface area contributed by atoms with Crippen molar-refractivity contribution in [2.45, 2.75) is 32.0 Å². The fourth-order valence-electron chi connectivity index (χ4n) is 2.61. The zero-order valence-corrected chi connectivity index (χ0v) is 11.8. The van der Waals surface area contributed by atoms with Crippen molar-refractivity contribution in [2.24, 2.45) is 5.92 Å². The summed E-state index contributed by atoms with van der Waals surface area (Å²) < 4.78 is 38.6. The first kappa shape index (κ1) is 15.8. The van der Waals surface area contributed by atoms with Gasteiger partial charge in [-0.15, -0.1) is 0 Å². The van der Waals surface area contributed by atoms with Crippen LogP contribution in [-0.4, -0.2) is 25.0 Å². The molecule has 0 radical (unpaired) electrons. The lowest BCUT2D eigenvalue weighted by atomic mass is 9.92. The normalized spacial score (nSPS) is 22.9. The maximum Gasteiger partial charge on any atom is 0.417 e. The Hall–Kier alpha value is -1.56. The summed E-state index contributed by atoms with van der Waals surface area (Å²) in [6.07, 6.45) is -2.38. The molecule has 1 aliphatic rings. The lowest BCUT2D eigenvalue weighted by molar-refractivity contribution is -0.137. The third-order valence-electron chi connectivity index (χ3n) is 3.89. The maximum absolute atomic E-state index is 12.9. The SMILES string of the molecule is CC1CCCNC1CNC(=O)c1ccccc1C(F)(F)F. The molecule has 1 amide bonds. The Balaban J connectivity index is 2.04. The summed E-state index contributed by atoms with van der Waals surface area (Å²) in [6, 6.07) is 4.96. The minimum Gasteiger partial charge on any atom is -0.350 e. The van der Waals surface area contributed by atoms with E-state index in [1.807, 2.05) is 0 Å². The molecule has 1 aliphatic heterocycles. The van der Waals surface area contributed by atoms with Crippen molar-refractivity contribution in [3.05, 3.63) is 35.4 Å². The minimum atomic E-state index is -4.52. The van der Waals surface area contributed by atoms with Gasteiger partial charge in [-0.05, 0) is 37.4 Å². The second-order valence-electron chi connectivity index (χ2n) is 5.43. The first-order chi connectivity index (χ1) is 9.89. The van der Waals surface area contributed by atoms with Crippen molar-refractivity contribution in [3.8, 4) is 0 Å².